The van der Waals surface area contributed by atoms with E-state index in [-0.39, 0.29) is 17.3 Å². The maximum Gasteiger partial charge on any atom is 0.241 e. The van der Waals surface area contributed by atoms with Gasteiger partial charge in [0.25, 0.3) is 0 Å². The average molecular weight is 451 g/mol. The van der Waals surface area contributed by atoms with Gasteiger partial charge < -0.3 is 14.8 Å². The number of ether oxygens (including phenoxy) is 2. The highest BCUT2D eigenvalue weighted by Gasteiger charge is 2.35. The lowest BCUT2D eigenvalue weighted by Gasteiger charge is -2.38. The number of rotatable bonds is 8. The first-order valence-corrected chi connectivity index (χ1v) is 11.5. The predicted molar refractivity (Wildman–Crippen MR) is 114 cm³/mol. The highest BCUT2D eigenvalue weighted by atomic mass is 32.2. The van der Waals surface area contributed by atoms with Crippen LogP contribution in [0, 0.1) is 5.82 Å². The van der Waals surface area contributed by atoms with Gasteiger partial charge in [-0.05, 0) is 61.7 Å². The molecule has 1 aliphatic heterocycles. The van der Waals surface area contributed by atoms with Crippen LogP contribution < -0.4 is 14.8 Å². The SMILES string of the molecule is COc1ccc(S(=O)(=O)N[C@@H](C)C(=O)NCC2(c3cccc(F)c3)CCOCC2)cc1. The molecule has 0 aromatic heterocycles. The lowest BCUT2D eigenvalue weighted by atomic mass is 9.74. The number of nitrogens with one attached hydrogen (secondary N) is 2. The molecule has 1 atom stereocenters. The molecule has 0 spiro atoms. The van der Waals surface area contributed by atoms with Crippen LogP contribution in [0.3, 0.4) is 0 Å². The zero-order valence-corrected chi connectivity index (χ0v) is 18.4. The van der Waals surface area contributed by atoms with Crippen molar-refractivity contribution < 1.29 is 27.1 Å². The van der Waals surface area contributed by atoms with Gasteiger partial charge in [0.1, 0.15) is 11.6 Å². The summed E-state index contributed by atoms with van der Waals surface area (Å²) in [4.78, 5) is 12.7. The first-order chi connectivity index (χ1) is 14.8. The Balaban J connectivity index is 1.67. The van der Waals surface area contributed by atoms with Gasteiger partial charge in [0.2, 0.25) is 15.9 Å². The van der Waals surface area contributed by atoms with Crippen LogP contribution in [-0.2, 0) is 25.0 Å². The Bertz CT molecular complexity index is 1000. The van der Waals surface area contributed by atoms with E-state index >= 15 is 0 Å². The Hall–Kier alpha value is -2.49. The van der Waals surface area contributed by atoms with E-state index in [1.54, 1.807) is 6.07 Å². The fourth-order valence-electron chi connectivity index (χ4n) is 3.67. The molecule has 0 saturated carbocycles. The van der Waals surface area contributed by atoms with E-state index < -0.39 is 27.4 Å². The van der Waals surface area contributed by atoms with Gasteiger partial charge in [-0.1, -0.05) is 12.1 Å². The van der Waals surface area contributed by atoms with E-state index in [9.17, 15) is 17.6 Å². The van der Waals surface area contributed by atoms with Crippen molar-refractivity contribution in [3.8, 4) is 5.75 Å². The van der Waals surface area contributed by atoms with Crippen LogP contribution in [0.5, 0.6) is 5.75 Å². The molecule has 2 aromatic carbocycles. The first-order valence-electron chi connectivity index (χ1n) is 10.0. The molecule has 1 heterocycles. The van der Waals surface area contributed by atoms with Crippen molar-refractivity contribution >= 4 is 15.9 Å². The quantitative estimate of drug-likeness (QED) is 0.644. The summed E-state index contributed by atoms with van der Waals surface area (Å²) in [5.41, 5.74) is 0.326. The number of hydrogen-bond acceptors (Lipinski definition) is 5. The van der Waals surface area contributed by atoms with E-state index in [4.69, 9.17) is 9.47 Å². The van der Waals surface area contributed by atoms with E-state index in [1.807, 2.05) is 6.07 Å². The molecule has 31 heavy (non-hydrogen) atoms. The second-order valence-corrected chi connectivity index (χ2v) is 9.35. The van der Waals surface area contributed by atoms with Gasteiger partial charge >= 0.3 is 0 Å². The van der Waals surface area contributed by atoms with Crippen LogP contribution in [-0.4, -0.2) is 47.2 Å². The Labute approximate surface area is 182 Å². The minimum absolute atomic E-state index is 0.0358. The Morgan fingerprint density at radius 1 is 1.19 bits per heavy atom. The summed E-state index contributed by atoms with van der Waals surface area (Å²) in [7, 11) is -2.39. The fourth-order valence-corrected chi connectivity index (χ4v) is 4.87. The maximum atomic E-state index is 13.8. The number of halogens is 1. The van der Waals surface area contributed by atoms with Crippen molar-refractivity contribution in [2.75, 3.05) is 26.9 Å². The third-order valence-electron chi connectivity index (χ3n) is 5.58. The zero-order chi connectivity index (χ0) is 22.5. The number of carbonyl (C=O) groups is 1. The third kappa shape index (κ3) is 5.61. The molecule has 9 heteroatoms. The summed E-state index contributed by atoms with van der Waals surface area (Å²) in [5, 5.41) is 2.84. The van der Waals surface area contributed by atoms with Gasteiger partial charge in [-0.25, -0.2) is 12.8 Å². The van der Waals surface area contributed by atoms with Crippen LogP contribution >= 0.6 is 0 Å². The number of hydrogen-bond donors (Lipinski definition) is 2. The first kappa shape index (κ1) is 23.2. The largest absolute Gasteiger partial charge is 0.497 e. The van der Waals surface area contributed by atoms with Gasteiger partial charge in [0, 0.05) is 25.2 Å². The fraction of sp³-hybridized carbons (Fsp3) is 0.409. The average Bonchev–Trinajstić information content (AvgIpc) is 2.78. The predicted octanol–water partition coefficient (Wildman–Crippen LogP) is 2.37. The lowest BCUT2D eigenvalue weighted by Crippen LogP contribution is -2.50. The molecule has 1 aliphatic rings. The number of amides is 1. The van der Waals surface area contributed by atoms with Crippen LogP contribution in [0.4, 0.5) is 4.39 Å². The molecule has 1 saturated heterocycles. The van der Waals surface area contributed by atoms with E-state index in [1.165, 1.54) is 50.4 Å². The summed E-state index contributed by atoms with van der Waals surface area (Å²) >= 11 is 0. The van der Waals surface area contributed by atoms with Crippen LogP contribution in [0.25, 0.3) is 0 Å². The Kier molecular flexibility index (Phi) is 7.30. The van der Waals surface area contributed by atoms with Crippen molar-refractivity contribution in [2.45, 2.75) is 36.1 Å². The molecule has 0 radical (unpaired) electrons. The second kappa shape index (κ2) is 9.76. The molecule has 0 aliphatic carbocycles. The van der Waals surface area contributed by atoms with E-state index in [2.05, 4.69) is 10.0 Å². The number of sulfonamides is 1. The van der Waals surface area contributed by atoms with Crippen molar-refractivity contribution in [2.24, 2.45) is 0 Å². The van der Waals surface area contributed by atoms with E-state index in [0.29, 0.717) is 31.8 Å². The van der Waals surface area contributed by atoms with Crippen LogP contribution in [0.15, 0.2) is 53.4 Å². The molecule has 2 aromatic rings. The standard InChI is InChI=1S/C22H27FN2O5S/c1-16(25-31(27,28)20-8-6-19(29-2)7-9-20)21(26)24-15-22(10-12-30-13-11-22)17-4-3-5-18(23)14-17/h3-9,14,16,25H,10-13,15H2,1-2H3,(H,24,26)/t16-/m0/s1. The van der Waals surface area contributed by atoms with Crippen molar-refractivity contribution in [1.29, 1.82) is 0 Å². The second-order valence-electron chi connectivity index (χ2n) is 7.64. The van der Waals surface area contributed by atoms with Gasteiger partial charge in [-0.15, -0.1) is 0 Å². The highest BCUT2D eigenvalue weighted by molar-refractivity contribution is 7.89. The molecular formula is C22H27FN2O5S. The molecule has 0 unspecified atom stereocenters. The van der Waals surface area contributed by atoms with Crippen molar-refractivity contribution in [3.05, 3.63) is 59.9 Å². The molecule has 1 amide bonds. The maximum absolute atomic E-state index is 13.8. The molecular weight excluding hydrogens is 423 g/mol. The number of methoxy groups -OCH3 is 1. The highest BCUT2D eigenvalue weighted by Crippen LogP contribution is 2.34. The summed E-state index contributed by atoms with van der Waals surface area (Å²) in [6.45, 7) is 2.75. The lowest BCUT2D eigenvalue weighted by molar-refractivity contribution is -0.122. The normalized spacial score (nSPS) is 17.0. The van der Waals surface area contributed by atoms with Crippen molar-refractivity contribution in [3.63, 3.8) is 0 Å². The van der Waals surface area contributed by atoms with Crippen LogP contribution in [0.1, 0.15) is 25.3 Å². The third-order valence-corrected chi connectivity index (χ3v) is 7.14. The summed E-state index contributed by atoms with van der Waals surface area (Å²) in [6, 6.07) is 11.3. The summed E-state index contributed by atoms with van der Waals surface area (Å²) in [5.74, 6) is -0.265. The van der Waals surface area contributed by atoms with E-state index in [0.717, 1.165) is 5.56 Å². The van der Waals surface area contributed by atoms with Gasteiger partial charge in [0.15, 0.2) is 0 Å². The smallest absolute Gasteiger partial charge is 0.241 e. The topological polar surface area (TPSA) is 93.7 Å². The monoisotopic (exact) mass is 450 g/mol. The molecule has 168 valence electrons. The molecule has 2 N–H and O–H groups in total. The van der Waals surface area contributed by atoms with Gasteiger partial charge in [-0.2, -0.15) is 4.72 Å². The molecule has 3 rings (SSSR count). The summed E-state index contributed by atoms with van der Waals surface area (Å²) in [6.07, 6.45) is 1.26. The number of benzene rings is 2. The Morgan fingerprint density at radius 3 is 2.48 bits per heavy atom. The number of carbonyl (C=O) groups excluding carboxylic acids is 1. The molecule has 7 nitrogen and oxygen atoms in total. The minimum atomic E-state index is -3.88. The zero-order valence-electron chi connectivity index (χ0n) is 17.6. The Morgan fingerprint density at radius 2 is 1.87 bits per heavy atom. The minimum Gasteiger partial charge on any atom is -0.497 e. The summed E-state index contributed by atoms with van der Waals surface area (Å²) < 4.78 is 51.9. The molecule has 1 fully saturated rings. The van der Waals surface area contributed by atoms with Gasteiger partial charge in [-0.3, -0.25) is 4.79 Å². The van der Waals surface area contributed by atoms with Gasteiger partial charge in [0.05, 0.1) is 18.0 Å². The van der Waals surface area contributed by atoms with Crippen molar-refractivity contribution in [1.82, 2.24) is 10.0 Å². The molecule has 0 bridgehead atoms. The van der Waals surface area contributed by atoms with Crippen LogP contribution in [0.2, 0.25) is 0 Å².